The smallest absolute Gasteiger partial charge is 0.243 e. The van der Waals surface area contributed by atoms with Gasteiger partial charge in [0.15, 0.2) is 0 Å². The van der Waals surface area contributed by atoms with Gasteiger partial charge in [-0.25, -0.2) is 0 Å². The summed E-state index contributed by atoms with van der Waals surface area (Å²) in [6, 6.07) is 26.2. The number of carbonyl (C=O) groups excluding carboxylic acids is 2. The quantitative estimate of drug-likeness (QED) is 0.263. The Hall–Kier alpha value is -2.92. The molecule has 0 heterocycles. The van der Waals surface area contributed by atoms with E-state index in [0.717, 1.165) is 46.8 Å². The zero-order chi connectivity index (χ0) is 26.9. The van der Waals surface area contributed by atoms with Crippen molar-refractivity contribution in [1.82, 2.24) is 10.2 Å². The van der Waals surface area contributed by atoms with Crippen LogP contribution in [0.1, 0.15) is 74.1 Å². The van der Waals surface area contributed by atoms with Crippen LogP contribution in [0.5, 0.6) is 0 Å². The summed E-state index contributed by atoms with van der Waals surface area (Å²) in [5.41, 5.74) is 4.50. The molecule has 0 bridgehead atoms. The molecule has 1 saturated carbocycles. The van der Waals surface area contributed by atoms with Crippen molar-refractivity contribution in [2.24, 2.45) is 0 Å². The predicted octanol–water partition coefficient (Wildman–Crippen LogP) is 7.20. The maximum atomic E-state index is 13.9. The molecule has 4 nitrogen and oxygen atoms in total. The zero-order valence-corrected chi connectivity index (χ0v) is 24.1. The molecule has 0 spiro atoms. The van der Waals surface area contributed by atoms with E-state index in [1.807, 2.05) is 59.5 Å². The lowest BCUT2D eigenvalue weighted by Crippen LogP contribution is -2.52. The number of hydrogen-bond acceptors (Lipinski definition) is 2. The number of nitrogens with one attached hydrogen (secondary N) is 1. The number of amides is 2. The molecule has 5 heteroatoms. The number of aryl methyl sites for hydroxylation is 1. The van der Waals surface area contributed by atoms with Crippen LogP contribution < -0.4 is 5.32 Å². The van der Waals surface area contributed by atoms with Crippen molar-refractivity contribution < 1.29 is 9.59 Å². The summed E-state index contributed by atoms with van der Waals surface area (Å²) < 4.78 is 0.990. The highest BCUT2D eigenvalue weighted by Crippen LogP contribution is 2.22. The van der Waals surface area contributed by atoms with Crippen molar-refractivity contribution in [3.63, 3.8) is 0 Å². The average molecular weight is 576 g/mol. The SMILES string of the molecule is CC(C)c1ccc(CCC(=O)N(Cc2ccc(Br)cc2)[C@@H](Cc2ccccc2)C(=O)NC2CCCC2)cc1. The van der Waals surface area contributed by atoms with Gasteiger partial charge in [0.25, 0.3) is 0 Å². The highest BCUT2D eigenvalue weighted by atomic mass is 79.9. The summed E-state index contributed by atoms with van der Waals surface area (Å²) in [7, 11) is 0. The van der Waals surface area contributed by atoms with E-state index in [1.54, 1.807) is 0 Å². The van der Waals surface area contributed by atoms with Crippen LogP contribution in [0.25, 0.3) is 0 Å². The van der Waals surface area contributed by atoms with Gasteiger partial charge in [0.2, 0.25) is 11.8 Å². The molecule has 1 aliphatic carbocycles. The standard InChI is InChI=1S/C33H39BrN2O2/c1-24(2)28-17-12-25(13-18-28)16-21-32(37)36(23-27-14-19-29(34)20-15-27)31(22-26-8-4-3-5-9-26)33(38)35-30-10-6-7-11-30/h3-5,8-9,12-15,17-20,24,30-31H,6-7,10-11,16,21-23H2,1-2H3,(H,35,38)/t31-/m0/s1. The third-order valence-corrected chi connectivity index (χ3v) is 8.04. The van der Waals surface area contributed by atoms with Gasteiger partial charge in [-0.1, -0.05) is 109 Å². The van der Waals surface area contributed by atoms with Gasteiger partial charge in [-0.2, -0.15) is 0 Å². The van der Waals surface area contributed by atoms with Crippen molar-refractivity contribution in [2.45, 2.75) is 83.3 Å². The van der Waals surface area contributed by atoms with E-state index >= 15 is 0 Å². The molecule has 1 fully saturated rings. The molecule has 2 amide bonds. The minimum atomic E-state index is -0.572. The summed E-state index contributed by atoms with van der Waals surface area (Å²) in [6.07, 6.45) is 5.81. The molecule has 0 saturated heterocycles. The van der Waals surface area contributed by atoms with Gasteiger partial charge < -0.3 is 10.2 Å². The maximum Gasteiger partial charge on any atom is 0.243 e. The molecule has 3 aromatic carbocycles. The first-order valence-electron chi connectivity index (χ1n) is 13.9. The summed E-state index contributed by atoms with van der Waals surface area (Å²) in [6.45, 7) is 4.76. The second-order valence-corrected chi connectivity index (χ2v) is 11.7. The van der Waals surface area contributed by atoms with Gasteiger partial charge in [0, 0.05) is 29.9 Å². The number of hydrogen-bond donors (Lipinski definition) is 1. The Morgan fingerprint density at radius 2 is 1.50 bits per heavy atom. The highest BCUT2D eigenvalue weighted by molar-refractivity contribution is 9.10. The number of benzene rings is 3. The third kappa shape index (κ3) is 8.04. The van der Waals surface area contributed by atoms with E-state index < -0.39 is 6.04 Å². The summed E-state index contributed by atoms with van der Waals surface area (Å²) in [5, 5.41) is 3.28. The largest absolute Gasteiger partial charge is 0.352 e. The van der Waals surface area contributed by atoms with Crippen LogP contribution in [0.3, 0.4) is 0 Å². The zero-order valence-electron chi connectivity index (χ0n) is 22.5. The Morgan fingerprint density at radius 3 is 2.13 bits per heavy atom. The first-order valence-corrected chi connectivity index (χ1v) is 14.7. The fourth-order valence-corrected chi connectivity index (χ4v) is 5.44. The molecule has 0 aliphatic heterocycles. The maximum absolute atomic E-state index is 13.9. The van der Waals surface area contributed by atoms with E-state index in [2.05, 4.69) is 59.4 Å². The molecule has 1 atom stereocenters. The molecule has 1 aliphatic rings. The Labute approximate surface area is 236 Å². The van der Waals surface area contributed by atoms with Crippen LogP contribution in [0.2, 0.25) is 0 Å². The van der Waals surface area contributed by atoms with Crippen molar-refractivity contribution >= 4 is 27.7 Å². The number of carbonyl (C=O) groups is 2. The lowest BCUT2D eigenvalue weighted by Gasteiger charge is -2.32. The van der Waals surface area contributed by atoms with Crippen molar-refractivity contribution in [2.75, 3.05) is 0 Å². The van der Waals surface area contributed by atoms with Gasteiger partial charge in [-0.15, -0.1) is 0 Å². The molecule has 0 aromatic heterocycles. The summed E-state index contributed by atoms with van der Waals surface area (Å²) >= 11 is 3.51. The Bertz CT molecular complexity index is 1170. The van der Waals surface area contributed by atoms with Gasteiger partial charge in [0.05, 0.1) is 0 Å². The first-order chi connectivity index (χ1) is 18.4. The molecule has 200 valence electrons. The second kappa shape index (κ2) is 13.7. The monoisotopic (exact) mass is 574 g/mol. The minimum Gasteiger partial charge on any atom is -0.352 e. The van der Waals surface area contributed by atoms with Gasteiger partial charge in [-0.3, -0.25) is 9.59 Å². The Balaban J connectivity index is 1.58. The van der Waals surface area contributed by atoms with E-state index in [4.69, 9.17) is 0 Å². The summed E-state index contributed by atoms with van der Waals surface area (Å²) in [4.78, 5) is 29.4. The van der Waals surface area contributed by atoms with E-state index in [0.29, 0.717) is 31.7 Å². The van der Waals surface area contributed by atoms with Gasteiger partial charge in [-0.05, 0) is 59.6 Å². The molecular weight excluding hydrogens is 536 g/mol. The van der Waals surface area contributed by atoms with Crippen LogP contribution in [-0.4, -0.2) is 28.8 Å². The van der Waals surface area contributed by atoms with Crippen LogP contribution in [0.15, 0.2) is 83.3 Å². The summed E-state index contributed by atoms with van der Waals surface area (Å²) in [5.74, 6) is 0.431. The van der Waals surface area contributed by atoms with Crippen molar-refractivity contribution in [3.8, 4) is 0 Å². The van der Waals surface area contributed by atoms with Crippen LogP contribution in [0, 0.1) is 0 Å². The van der Waals surface area contributed by atoms with Crippen LogP contribution in [0.4, 0.5) is 0 Å². The molecule has 4 rings (SSSR count). The molecular formula is C33H39BrN2O2. The topological polar surface area (TPSA) is 49.4 Å². The number of nitrogens with zero attached hydrogens (tertiary/aromatic N) is 1. The average Bonchev–Trinajstić information content (AvgIpc) is 3.44. The number of halogens is 1. The Kier molecular flexibility index (Phi) is 10.2. The van der Waals surface area contributed by atoms with Gasteiger partial charge in [0.1, 0.15) is 6.04 Å². The van der Waals surface area contributed by atoms with Gasteiger partial charge >= 0.3 is 0 Å². The van der Waals surface area contributed by atoms with Crippen molar-refractivity contribution in [3.05, 3.63) is 106 Å². The normalized spacial score (nSPS) is 14.4. The second-order valence-electron chi connectivity index (χ2n) is 10.7. The molecule has 0 unspecified atom stereocenters. The van der Waals surface area contributed by atoms with Crippen molar-refractivity contribution in [1.29, 1.82) is 0 Å². The fraction of sp³-hybridized carbons (Fsp3) is 0.394. The number of rotatable bonds is 11. The predicted molar refractivity (Wildman–Crippen MR) is 158 cm³/mol. The molecule has 3 aromatic rings. The Morgan fingerprint density at radius 1 is 0.868 bits per heavy atom. The van der Waals surface area contributed by atoms with E-state index in [-0.39, 0.29) is 17.9 Å². The van der Waals surface area contributed by atoms with Crippen LogP contribution in [-0.2, 0) is 29.0 Å². The molecule has 1 N–H and O–H groups in total. The molecule has 0 radical (unpaired) electrons. The highest BCUT2D eigenvalue weighted by Gasteiger charge is 2.32. The lowest BCUT2D eigenvalue weighted by molar-refractivity contribution is -0.141. The fourth-order valence-electron chi connectivity index (χ4n) is 5.17. The molecule has 38 heavy (non-hydrogen) atoms. The van der Waals surface area contributed by atoms with E-state index in [1.165, 1.54) is 5.56 Å². The van der Waals surface area contributed by atoms with Crippen LogP contribution >= 0.6 is 15.9 Å². The van der Waals surface area contributed by atoms with E-state index in [9.17, 15) is 9.59 Å². The first kappa shape index (κ1) is 28.1. The lowest BCUT2D eigenvalue weighted by atomic mass is 9.99. The third-order valence-electron chi connectivity index (χ3n) is 7.51. The minimum absolute atomic E-state index is 0.00311.